The van der Waals surface area contributed by atoms with Crippen LogP contribution < -0.4 is 16.0 Å². The molecule has 1 atom stereocenters. The molecule has 2 amide bonds. The average Bonchev–Trinajstić information content (AvgIpc) is 2.46. The minimum atomic E-state index is -0.584. The van der Waals surface area contributed by atoms with E-state index in [1.54, 1.807) is 11.0 Å². The molecule has 0 radical (unpaired) electrons. The normalized spacial score (nSPS) is 18.7. The first kappa shape index (κ1) is 14.3. The van der Waals surface area contributed by atoms with Gasteiger partial charge in [0, 0.05) is 45.0 Å². The van der Waals surface area contributed by atoms with Gasteiger partial charge in [-0.1, -0.05) is 6.07 Å². The summed E-state index contributed by atoms with van der Waals surface area (Å²) in [6.45, 7) is 1.57. The summed E-state index contributed by atoms with van der Waals surface area (Å²) in [5.74, 6) is -0.631. The molecule has 20 heavy (non-hydrogen) atoms. The Morgan fingerprint density at radius 3 is 2.80 bits per heavy atom. The molecule has 0 spiro atoms. The van der Waals surface area contributed by atoms with Crippen LogP contribution in [0, 0.1) is 0 Å². The molecule has 0 bridgehead atoms. The standard InChI is InChI=1S/C14H20N4O2/c1-17(2)11-5-3-4-10(8-11)14(20)18-7-6-16-9-12(18)13(15)19/h3-5,8,12,16H,6-7,9H2,1-2H3,(H2,15,19)/t12-/m0/s1. The van der Waals surface area contributed by atoms with Crippen molar-refractivity contribution in [2.75, 3.05) is 38.6 Å². The van der Waals surface area contributed by atoms with Crippen LogP contribution in [0.5, 0.6) is 0 Å². The lowest BCUT2D eigenvalue weighted by molar-refractivity contribution is -0.122. The van der Waals surface area contributed by atoms with E-state index in [2.05, 4.69) is 5.32 Å². The molecule has 0 saturated carbocycles. The maximum Gasteiger partial charge on any atom is 0.254 e. The minimum absolute atomic E-state index is 0.154. The van der Waals surface area contributed by atoms with Gasteiger partial charge in [-0.05, 0) is 18.2 Å². The van der Waals surface area contributed by atoms with Gasteiger partial charge in [0.15, 0.2) is 0 Å². The summed E-state index contributed by atoms with van der Waals surface area (Å²) in [7, 11) is 3.83. The SMILES string of the molecule is CN(C)c1cccc(C(=O)N2CCNC[C@H]2C(N)=O)c1. The number of hydrogen-bond acceptors (Lipinski definition) is 4. The van der Waals surface area contributed by atoms with Gasteiger partial charge >= 0.3 is 0 Å². The molecule has 1 aromatic rings. The van der Waals surface area contributed by atoms with Crippen molar-refractivity contribution in [2.45, 2.75) is 6.04 Å². The number of carbonyl (C=O) groups is 2. The average molecular weight is 276 g/mol. The lowest BCUT2D eigenvalue weighted by Crippen LogP contribution is -2.58. The van der Waals surface area contributed by atoms with Crippen LogP contribution in [0.1, 0.15) is 10.4 Å². The number of benzene rings is 1. The second-order valence-corrected chi connectivity index (χ2v) is 5.07. The number of nitrogens with zero attached hydrogens (tertiary/aromatic N) is 2. The third kappa shape index (κ3) is 2.91. The first-order valence-corrected chi connectivity index (χ1v) is 6.59. The zero-order valence-electron chi connectivity index (χ0n) is 11.8. The molecule has 0 aromatic heterocycles. The molecule has 1 saturated heterocycles. The maximum absolute atomic E-state index is 12.6. The van der Waals surface area contributed by atoms with Crippen LogP contribution in [0.3, 0.4) is 0 Å². The van der Waals surface area contributed by atoms with E-state index in [9.17, 15) is 9.59 Å². The van der Waals surface area contributed by atoms with E-state index in [4.69, 9.17) is 5.73 Å². The summed E-state index contributed by atoms with van der Waals surface area (Å²) in [5.41, 5.74) is 6.89. The number of piperazine rings is 1. The van der Waals surface area contributed by atoms with Gasteiger partial charge in [0.25, 0.3) is 5.91 Å². The highest BCUT2D eigenvalue weighted by molar-refractivity contribution is 5.98. The third-order valence-electron chi connectivity index (χ3n) is 3.44. The van der Waals surface area contributed by atoms with Crippen molar-refractivity contribution < 1.29 is 9.59 Å². The Kier molecular flexibility index (Phi) is 4.24. The Hall–Kier alpha value is -2.08. The lowest BCUT2D eigenvalue weighted by Gasteiger charge is -2.34. The molecule has 1 aliphatic heterocycles. The van der Waals surface area contributed by atoms with Crippen LogP contribution in [0.2, 0.25) is 0 Å². The van der Waals surface area contributed by atoms with Gasteiger partial charge in [-0.15, -0.1) is 0 Å². The van der Waals surface area contributed by atoms with Crippen LogP contribution >= 0.6 is 0 Å². The summed E-state index contributed by atoms with van der Waals surface area (Å²) in [6.07, 6.45) is 0. The van der Waals surface area contributed by atoms with Gasteiger partial charge in [-0.2, -0.15) is 0 Å². The highest BCUT2D eigenvalue weighted by Gasteiger charge is 2.31. The molecule has 0 aliphatic carbocycles. The Morgan fingerprint density at radius 2 is 2.15 bits per heavy atom. The van der Waals surface area contributed by atoms with E-state index in [0.717, 1.165) is 5.69 Å². The minimum Gasteiger partial charge on any atom is -0.378 e. The van der Waals surface area contributed by atoms with Crippen LogP contribution in [-0.4, -0.2) is 56.5 Å². The smallest absolute Gasteiger partial charge is 0.254 e. The summed E-state index contributed by atoms with van der Waals surface area (Å²) in [5, 5.41) is 3.08. The van der Waals surface area contributed by atoms with E-state index in [1.165, 1.54) is 0 Å². The monoisotopic (exact) mass is 276 g/mol. The van der Waals surface area contributed by atoms with Crippen molar-refractivity contribution in [3.8, 4) is 0 Å². The fourth-order valence-corrected chi connectivity index (χ4v) is 2.28. The fraction of sp³-hybridized carbons (Fsp3) is 0.429. The summed E-state index contributed by atoms with van der Waals surface area (Å²) >= 11 is 0. The first-order chi connectivity index (χ1) is 9.50. The molecule has 2 rings (SSSR count). The van der Waals surface area contributed by atoms with Crippen molar-refractivity contribution in [3.05, 3.63) is 29.8 Å². The molecule has 6 heteroatoms. The zero-order chi connectivity index (χ0) is 14.7. The summed E-state index contributed by atoms with van der Waals surface area (Å²) in [6, 6.07) is 6.77. The van der Waals surface area contributed by atoms with Crippen molar-refractivity contribution in [1.82, 2.24) is 10.2 Å². The van der Waals surface area contributed by atoms with Crippen molar-refractivity contribution in [2.24, 2.45) is 5.73 Å². The van der Waals surface area contributed by atoms with Crippen LogP contribution in [-0.2, 0) is 4.79 Å². The largest absolute Gasteiger partial charge is 0.378 e. The van der Waals surface area contributed by atoms with Gasteiger partial charge in [0.2, 0.25) is 5.91 Å². The Morgan fingerprint density at radius 1 is 1.40 bits per heavy atom. The Labute approximate surface area is 118 Å². The van der Waals surface area contributed by atoms with Crippen molar-refractivity contribution >= 4 is 17.5 Å². The molecule has 3 N–H and O–H groups in total. The number of rotatable bonds is 3. The molecule has 108 valence electrons. The molecule has 1 aliphatic rings. The molecule has 6 nitrogen and oxygen atoms in total. The van der Waals surface area contributed by atoms with Crippen molar-refractivity contribution in [1.29, 1.82) is 0 Å². The summed E-state index contributed by atoms with van der Waals surface area (Å²) in [4.78, 5) is 27.5. The quantitative estimate of drug-likeness (QED) is 0.791. The number of amides is 2. The Balaban J connectivity index is 2.25. The van der Waals surface area contributed by atoms with Crippen LogP contribution in [0.25, 0.3) is 0 Å². The predicted molar refractivity (Wildman–Crippen MR) is 77.7 cm³/mol. The molecular weight excluding hydrogens is 256 g/mol. The highest BCUT2D eigenvalue weighted by atomic mass is 16.2. The van der Waals surface area contributed by atoms with E-state index in [-0.39, 0.29) is 5.91 Å². The van der Waals surface area contributed by atoms with Crippen LogP contribution in [0.15, 0.2) is 24.3 Å². The third-order valence-corrected chi connectivity index (χ3v) is 3.44. The van der Waals surface area contributed by atoms with Gasteiger partial charge in [-0.3, -0.25) is 9.59 Å². The molecule has 1 fully saturated rings. The number of primary amides is 1. The van der Waals surface area contributed by atoms with E-state index in [0.29, 0.717) is 25.2 Å². The van der Waals surface area contributed by atoms with Crippen LogP contribution in [0.4, 0.5) is 5.69 Å². The number of anilines is 1. The van der Waals surface area contributed by atoms with Gasteiger partial charge in [0.1, 0.15) is 6.04 Å². The second kappa shape index (κ2) is 5.92. The zero-order valence-corrected chi connectivity index (χ0v) is 11.8. The van der Waals surface area contributed by atoms with E-state index < -0.39 is 11.9 Å². The fourth-order valence-electron chi connectivity index (χ4n) is 2.28. The first-order valence-electron chi connectivity index (χ1n) is 6.59. The second-order valence-electron chi connectivity index (χ2n) is 5.07. The van der Waals surface area contributed by atoms with E-state index >= 15 is 0 Å². The maximum atomic E-state index is 12.6. The van der Waals surface area contributed by atoms with E-state index in [1.807, 2.05) is 37.2 Å². The molecule has 1 heterocycles. The highest BCUT2D eigenvalue weighted by Crippen LogP contribution is 2.16. The molecular formula is C14H20N4O2. The number of hydrogen-bond donors (Lipinski definition) is 2. The molecule has 0 unspecified atom stereocenters. The van der Waals surface area contributed by atoms with Crippen molar-refractivity contribution in [3.63, 3.8) is 0 Å². The summed E-state index contributed by atoms with van der Waals surface area (Å²) < 4.78 is 0. The molecule has 1 aromatic carbocycles. The number of carbonyl (C=O) groups excluding carboxylic acids is 2. The number of nitrogens with one attached hydrogen (secondary N) is 1. The van der Waals surface area contributed by atoms with Gasteiger partial charge in [0.05, 0.1) is 0 Å². The Bertz CT molecular complexity index is 516. The van der Waals surface area contributed by atoms with Gasteiger partial charge < -0.3 is 20.9 Å². The topological polar surface area (TPSA) is 78.7 Å². The van der Waals surface area contributed by atoms with Gasteiger partial charge in [-0.25, -0.2) is 0 Å². The lowest BCUT2D eigenvalue weighted by atomic mass is 10.1. The number of nitrogens with two attached hydrogens (primary N) is 1. The predicted octanol–water partition coefficient (Wildman–Crippen LogP) is -0.348.